The average Bonchev–Trinajstić information content (AvgIpc) is 2.76. The second-order valence-electron chi connectivity index (χ2n) is 8.08. The molecule has 2 aromatic rings. The average molecular weight is 409 g/mol. The van der Waals surface area contributed by atoms with Gasteiger partial charge in [-0.25, -0.2) is 4.39 Å². The summed E-state index contributed by atoms with van der Waals surface area (Å²) in [7, 11) is 0. The molecular formula is C24H29FN4O. The maximum absolute atomic E-state index is 13.4. The molecule has 0 saturated carbocycles. The van der Waals surface area contributed by atoms with Gasteiger partial charge in [0, 0.05) is 24.8 Å². The molecule has 5 nitrogen and oxygen atoms in total. The monoisotopic (exact) mass is 408 g/mol. The molecule has 2 aliphatic rings. The van der Waals surface area contributed by atoms with Crippen molar-refractivity contribution in [2.75, 3.05) is 30.3 Å². The SMILES string of the molecule is CCc1cc(F)ccc1NC1CCN(CC(=O)Nc2cnc3c(c2)=CCCC=3)CC1. The van der Waals surface area contributed by atoms with Gasteiger partial charge in [-0.3, -0.25) is 14.7 Å². The number of nitrogens with one attached hydrogen (secondary N) is 2. The first-order chi connectivity index (χ1) is 14.6. The molecule has 2 N–H and O–H groups in total. The first-order valence-electron chi connectivity index (χ1n) is 10.8. The summed E-state index contributed by atoms with van der Waals surface area (Å²) in [4.78, 5) is 19.1. The number of aryl methyl sites for hydroxylation is 1. The topological polar surface area (TPSA) is 57.3 Å². The van der Waals surface area contributed by atoms with Gasteiger partial charge < -0.3 is 10.6 Å². The molecule has 1 aliphatic heterocycles. The molecule has 158 valence electrons. The number of rotatable bonds is 6. The molecule has 4 rings (SSSR count). The maximum Gasteiger partial charge on any atom is 0.238 e. The molecular weight excluding hydrogens is 379 g/mol. The van der Waals surface area contributed by atoms with Crippen LogP contribution in [0.3, 0.4) is 0 Å². The number of hydrogen-bond acceptors (Lipinski definition) is 4. The fourth-order valence-electron chi connectivity index (χ4n) is 4.21. The van der Waals surface area contributed by atoms with Crippen molar-refractivity contribution in [3.63, 3.8) is 0 Å². The quantitative estimate of drug-likeness (QED) is 0.772. The number of pyridine rings is 1. The Hall–Kier alpha value is -2.73. The van der Waals surface area contributed by atoms with E-state index in [0.29, 0.717) is 12.6 Å². The number of aromatic nitrogens is 1. The van der Waals surface area contributed by atoms with Crippen molar-refractivity contribution >= 4 is 29.4 Å². The summed E-state index contributed by atoms with van der Waals surface area (Å²) >= 11 is 0. The van der Waals surface area contributed by atoms with E-state index < -0.39 is 0 Å². The van der Waals surface area contributed by atoms with Crippen LogP contribution in [0.2, 0.25) is 0 Å². The van der Waals surface area contributed by atoms with E-state index in [9.17, 15) is 9.18 Å². The highest BCUT2D eigenvalue weighted by Crippen LogP contribution is 2.22. The molecule has 1 amide bonds. The number of hydrogen-bond donors (Lipinski definition) is 2. The van der Waals surface area contributed by atoms with Crippen molar-refractivity contribution in [3.8, 4) is 0 Å². The van der Waals surface area contributed by atoms with Gasteiger partial charge in [0.2, 0.25) is 5.91 Å². The van der Waals surface area contributed by atoms with Crippen LogP contribution in [-0.4, -0.2) is 41.5 Å². The second kappa shape index (κ2) is 9.39. The molecule has 1 aliphatic carbocycles. The van der Waals surface area contributed by atoms with Crippen LogP contribution in [0.5, 0.6) is 0 Å². The standard InChI is InChI=1S/C24H29FN4O/c1-2-17-13-19(25)7-8-23(17)27-20-9-11-29(12-10-20)16-24(30)28-21-14-18-5-3-4-6-22(18)26-15-21/h5-8,13-15,20,27H,2-4,9-12,16H2,1H3,(H,28,30). The van der Waals surface area contributed by atoms with Crippen molar-refractivity contribution < 1.29 is 9.18 Å². The number of nitrogens with zero attached hydrogens (tertiary/aromatic N) is 2. The van der Waals surface area contributed by atoms with Crippen LogP contribution < -0.4 is 21.2 Å². The lowest BCUT2D eigenvalue weighted by Gasteiger charge is -2.32. The summed E-state index contributed by atoms with van der Waals surface area (Å²) < 4.78 is 13.4. The smallest absolute Gasteiger partial charge is 0.238 e. The third kappa shape index (κ3) is 5.05. The van der Waals surface area contributed by atoms with Crippen molar-refractivity contribution in [1.29, 1.82) is 0 Å². The second-order valence-corrected chi connectivity index (χ2v) is 8.08. The number of carbonyl (C=O) groups excluding carboxylic acids is 1. The highest BCUT2D eigenvalue weighted by atomic mass is 19.1. The van der Waals surface area contributed by atoms with Crippen LogP contribution in [0.1, 0.15) is 38.2 Å². The van der Waals surface area contributed by atoms with Gasteiger partial charge in [0.05, 0.1) is 23.8 Å². The minimum Gasteiger partial charge on any atom is -0.382 e. The molecule has 0 bridgehead atoms. The highest BCUT2D eigenvalue weighted by Gasteiger charge is 2.21. The number of halogens is 1. The number of amides is 1. The summed E-state index contributed by atoms with van der Waals surface area (Å²) in [6.45, 7) is 4.14. The third-order valence-corrected chi connectivity index (χ3v) is 5.86. The lowest BCUT2D eigenvalue weighted by Crippen LogP contribution is -2.43. The van der Waals surface area contributed by atoms with E-state index in [4.69, 9.17) is 0 Å². The summed E-state index contributed by atoms with van der Waals surface area (Å²) in [6, 6.07) is 7.28. The Kier molecular flexibility index (Phi) is 6.43. The first kappa shape index (κ1) is 20.5. The van der Waals surface area contributed by atoms with E-state index in [0.717, 1.165) is 72.7 Å². The van der Waals surface area contributed by atoms with Crippen LogP contribution in [0, 0.1) is 5.82 Å². The molecule has 30 heavy (non-hydrogen) atoms. The minimum atomic E-state index is -0.191. The number of anilines is 2. The Bertz CT molecular complexity index is 1030. The zero-order chi connectivity index (χ0) is 20.9. The van der Waals surface area contributed by atoms with Gasteiger partial charge in [-0.1, -0.05) is 19.1 Å². The van der Waals surface area contributed by atoms with Crippen LogP contribution in [0.25, 0.3) is 12.2 Å². The molecule has 0 radical (unpaired) electrons. The fraction of sp³-hybridized carbons (Fsp3) is 0.417. The lowest BCUT2D eigenvalue weighted by atomic mass is 10.0. The van der Waals surface area contributed by atoms with Gasteiger partial charge >= 0.3 is 0 Å². The van der Waals surface area contributed by atoms with E-state index in [1.807, 2.05) is 19.1 Å². The minimum absolute atomic E-state index is 0.00486. The van der Waals surface area contributed by atoms with E-state index in [-0.39, 0.29) is 11.7 Å². The molecule has 1 aromatic carbocycles. The number of piperidine rings is 1. The van der Waals surface area contributed by atoms with E-state index in [1.54, 1.807) is 12.3 Å². The largest absolute Gasteiger partial charge is 0.382 e. The zero-order valence-electron chi connectivity index (χ0n) is 17.5. The predicted molar refractivity (Wildman–Crippen MR) is 119 cm³/mol. The Morgan fingerprint density at radius 3 is 2.80 bits per heavy atom. The third-order valence-electron chi connectivity index (χ3n) is 5.86. The zero-order valence-corrected chi connectivity index (χ0v) is 17.5. The van der Waals surface area contributed by atoms with Crippen molar-refractivity contribution in [1.82, 2.24) is 9.88 Å². The molecule has 6 heteroatoms. The Morgan fingerprint density at radius 2 is 2.00 bits per heavy atom. The molecule has 0 spiro atoms. The van der Waals surface area contributed by atoms with Gasteiger partial charge in [-0.2, -0.15) is 0 Å². The molecule has 0 unspecified atom stereocenters. The number of likely N-dealkylation sites (tertiary alicyclic amines) is 1. The molecule has 1 aromatic heterocycles. The van der Waals surface area contributed by atoms with Gasteiger partial charge in [-0.15, -0.1) is 0 Å². The lowest BCUT2D eigenvalue weighted by molar-refractivity contribution is -0.117. The Labute approximate surface area is 176 Å². The van der Waals surface area contributed by atoms with E-state index in [1.165, 1.54) is 6.07 Å². The van der Waals surface area contributed by atoms with E-state index >= 15 is 0 Å². The van der Waals surface area contributed by atoms with Crippen molar-refractivity contribution in [2.45, 2.75) is 45.1 Å². The molecule has 0 atom stereocenters. The molecule has 2 heterocycles. The number of fused-ring (bicyclic) bond motifs is 1. The van der Waals surface area contributed by atoms with Crippen molar-refractivity contribution in [2.24, 2.45) is 0 Å². The summed E-state index contributed by atoms with van der Waals surface area (Å²) in [5, 5.41) is 8.64. The summed E-state index contributed by atoms with van der Waals surface area (Å²) in [5.74, 6) is -0.196. The van der Waals surface area contributed by atoms with Gasteiger partial charge in [0.25, 0.3) is 0 Å². The fourth-order valence-corrected chi connectivity index (χ4v) is 4.21. The number of carbonyl (C=O) groups is 1. The maximum atomic E-state index is 13.4. The van der Waals surface area contributed by atoms with E-state index in [2.05, 4.69) is 32.7 Å². The van der Waals surface area contributed by atoms with Crippen LogP contribution >= 0.6 is 0 Å². The Morgan fingerprint density at radius 1 is 1.20 bits per heavy atom. The molecule has 1 fully saturated rings. The first-order valence-corrected chi connectivity index (χ1v) is 10.8. The van der Waals surface area contributed by atoms with Crippen LogP contribution in [0.4, 0.5) is 15.8 Å². The normalized spacial score (nSPS) is 16.9. The van der Waals surface area contributed by atoms with Gasteiger partial charge in [-0.05, 0) is 67.2 Å². The van der Waals surface area contributed by atoms with Crippen molar-refractivity contribution in [3.05, 3.63) is 52.4 Å². The number of benzene rings is 1. The van der Waals surface area contributed by atoms with Crippen LogP contribution in [-0.2, 0) is 11.2 Å². The summed E-state index contributed by atoms with van der Waals surface area (Å²) in [5.41, 5.74) is 2.78. The Balaban J connectivity index is 1.27. The van der Waals surface area contributed by atoms with Gasteiger partial charge in [0.15, 0.2) is 0 Å². The molecule has 1 saturated heterocycles. The van der Waals surface area contributed by atoms with Gasteiger partial charge in [0.1, 0.15) is 5.82 Å². The highest BCUT2D eigenvalue weighted by molar-refractivity contribution is 5.92. The summed E-state index contributed by atoms with van der Waals surface area (Å²) in [6.07, 6.45) is 10.8. The predicted octanol–water partition coefficient (Wildman–Crippen LogP) is 2.65. The van der Waals surface area contributed by atoms with Crippen LogP contribution in [0.15, 0.2) is 30.5 Å².